The predicted molar refractivity (Wildman–Crippen MR) is 70.4 cm³/mol. The van der Waals surface area contributed by atoms with Gasteiger partial charge in [0, 0.05) is 10.9 Å². The molecule has 0 unspecified atom stereocenters. The molecule has 0 bridgehead atoms. The van der Waals surface area contributed by atoms with Crippen LogP contribution in [0.4, 0.5) is 4.39 Å². The average molecular weight is 319 g/mol. The van der Waals surface area contributed by atoms with Gasteiger partial charge in [-0.3, -0.25) is 10.2 Å². The molecule has 0 radical (unpaired) electrons. The Bertz CT molecular complexity index is 402. The van der Waals surface area contributed by atoms with Gasteiger partial charge < -0.3 is 4.74 Å². The number of rotatable bonds is 7. The molecule has 1 aromatic rings. The largest absolute Gasteiger partial charge is 0.491 e. The number of halogens is 2. The monoisotopic (exact) mass is 318 g/mol. The zero-order valence-corrected chi connectivity index (χ0v) is 11.5. The second kappa shape index (κ2) is 8.05. The van der Waals surface area contributed by atoms with Crippen LogP contribution in [0.2, 0.25) is 0 Å². The van der Waals surface area contributed by atoms with Crippen molar-refractivity contribution in [2.45, 2.75) is 25.7 Å². The van der Waals surface area contributed by atoms with E-state index in [4.69, 9.17) is 10.6 Å². The van der Waals surface area contributed by atoms with E-state index in [2.05, 4.69) is 21.4 Å². The molecule has 0 aliphatic heterocycles. The first-order valence-electron chi connectivity index (χ1n) is 5.71. The minimum absolute atomic E-state index is 0.171. The maximum absolute atomic E-state index is 13.4. The summed E-state index contributed by atoms with van der Waals surface area (Å²) in [5, 5.41) is 0. The van der Waals surface area contributed by atoms with Crippen molar-refractivity contribution in [1.82, 2.24) is 5.43 Å². The third kappa shape index (κ3) is 5.46. The lowest BCUT2D eigenvalue weighted by Gasteiger charge is -2.07. The van der Waals surface area contributed by atoms with Crippen LogP contribution >= 0.6 is 15.9 Å². The molecule has 3 N–H and O–H groups in total. The van der Waals surface area contributed by atoms with Crippen LogP contribution in [-0.4, -0.2) is 12.5 Å². The highest BCUT2D eigenvalue weighted by Crippen LogP contribution is 2.21. The van der Waals surface area contributed by atoms with Crippen LogP contribution in [-0.2, 0) is 4.79 Å². The summed E-state index contributed by atoms with van der Waals surface area (Å²) in [7, 11) is 0. The van der Waals surface area contributed by atoms with Crippen LogP contribution in [0.25, 0.3) is 0 Å². The van der Waals surface area contributed by atoms with E-state index < -0.39 is 0 Å². The Kier molecular flexibility index (Phi) is 6.67. The molecule has 0 saturated heterocycles. The van der Waals surface area contributed by atoms with Crippen LogP contribution in [0.5, 0.6) is 5.75 Å². The molecule has 0 heterocycles. The molecule has 1 aromatic carbocycles. The van der Waals surface area contributed by atoms with Crippen molar-refractivity contribution < 1.29 is 13.9 Å². The lowest BCUT2D eigenvalue weighted by molar-refractivity contribution is -0.121. The molecular weight excluding hydrogens is 303 g/mol. The molecule has 0 aliphatic carbocycles. The highest BCUT2D eigenvalue weighted by atomic mass is 79.9. The van der Waals surface area contributed by atoms with E-state index in [-0.39, 0.29) is 17.5 Å². The standard InChI is InChI=1S/C12H16BrFN2O2/c13-9-5-6-11(10(14)8-9)18-7-3-1-2-4-12(17)16-15/h5-6,8H,1-4,7,15H2,(H,16,17). The summed E-state index contributed by atoms with van der Waals surface area (Å²) in [5.74, 6) is 4.64. The molecule has 6 heteroatoms. The van der Waals surface area contributed by atoms with E-state index in [0.29, 0.717) is 17.5 Å². The maximum atomic E-state index is 13.4. The molecule has 4 nitrogen and oxygen atoms in total. The third-order valence-corrected chi connectivity index (χ3v) is 2.85. The fourth-order valence-corrected chi connectivity index (χ4v) is 1.74. The number of unbranched alkanes of at least 4 members (excludes halogenated alkanes) is 2. The minimum Gasteiger partial charge on any atom is -0.491 e. The Morgan fingerprint density at radius 2 is 2.17 bits per heavy atom. The summed E-state index contributed by atoms with van der Waals surface area (Å²) < 4.78 is 19.3. The normalized spacial score (nSPS) is 10.2. The number of amides is 1. The van der Waals surface area contributed by atoms with Crippen molar-refractivity contribution in [3.63, 3.8) is 0 Å². The van der Waals surface area contributed by atoms with Gasteiger partial charge in [-0.1, -0.05) is 15.9 Å². The molecule has 100 valence electrons. The fraction of sp³-hybridized carbons (Fsp3) is 0.417. The Labute approximate surface area is 114 Å². The van der Waals surface area contributed by atoms with Gasteiger partial charge in [0.25, 0.3) is 0 Å². The number of carbonyl (C=O) groups is 1. The molecule has 0 fully saturated rings. The van der Waals surface area contributed by atoms with Gasteiger partial charge in [0.2, 0.25) is 5.91 Å². The second-order valence-corrected chi connectivity index (χ2v) is 4.72. The zero-order valence-electron chi connectivity index (χ0n) is 9.92. The summed E-state index contributed by atoms with van der Waals surface area (Å²) in [4.78, 5) is 10.8. The fourth-order valence-electron chi connectivity index (χ4n) is 1.41. The second-order valence-electron chi connectivity index (χ2n) is 3.80. The molecule has 0 atom stereocenters. The lowest BCUT2D eigenvalue weighted by Crippen LogP contribution is -2.29. The van der Waals surface area contributed by atoms with E-state index in [9.17, 15) is 9.18 Å². The molecule has 18 heavy (non-hydrogen) atoms. The van der Waals surface area contributed by atoms with Gasteiger partial charge in [-0.05, 0) is 37.5 Å². The maximum Gasteiger partial charge on any atom is 0.233 e. The first-order valence-corrected chi connectivity index (χ1v) is 6.50. The van der Waals surface area contributed by atoms with Gasteiger partial charge in [0.05, 0.1) is 6.61 Å². The van der Waals surface area contributed by atoms with Gasteiger partial charge in [0.15, 0.2) is 11.6 Å². The number of nitrogens with two attached hydrogens (primary N) is 1. The average Bonchev–Trinajstić information content (AvgIpc) is 2.35. The Morgan fingerprint density at radius 3 is 2.83 bits per heavy atom. The topological polar surface area (TPSA) is 64.3 Å². The number of nitrogens with one attached hydrogen (secondary N) is 1. The number of hydrazine groups is 1. The van der Waals surface area contributed by atoms with Gasteiger partial charge in [-0.25, -0.2) is 10.2 Å². The van der Waals surface area contributed by atoms with E-state index in [1.807, 2.05) is 0 Å². The molecule has 1 rings (SSSR count). The molecule has 0 spiro atoms. The van der Waals surface area contributed by atoms with Crippen LogP contribution in [0, 0.1) is 5.82 Å². The van der Waals surface area contributed by atoms with Crippen LogP contribution in [0.15, 0.2) is 22.7 Å². The summed E-state index contributed by atoms with van der Waals surface area (Å²) in [5.41, 5.74) is 2.07. The third-order valence-electron chi connectivity index (χ3n) is 2.36. The van der Waals surface area contributed by atoms with E-state index in [0.717, 1.165) is 19.3 Å². The van der Waals surface area contributed by atoms with Crippen molar-refractivity contribution in [2.75, 3.05) is 6.61 Å². The van der Waals surface area contributed by atoms with Gasteiger partial charge in [-0.15, -0.1) is 0 Å². The number of ether oxygens (including phenoxy) is 1. The van der Waals surface area contributed by atoms with Crippen molar-refractivity contribution in [3.05, 3.63) is 28.5 Å². The molecule has 0 aromatic heterocycles. The Hall–Kier alpha value is -1.14. The number of hydrogen-bond acceptors (Lipinski definition) is 3. The van der Waals surface area contributed by atoms with Gasteiger partial charge >= 0.3 is 0 Å². The smallest absolute Gasteiger partial charge is 0.233 e. The first-order chi connectivity index (χ1) is 8.63. The number of carbonyl (C=O) groups excluding carboxylic acids is 1. The van der Waals surface area contributed by atoms with Crippen LogP contribution < -0.4 is 16.0 Å². The van der Waals surface area contributed by atoms with Crippen molar-refractivity contribution in [2.24, 2.45) is 5.84 Å². The Balaban J connectivity index is 2.16. The quantitative estimate of drug-likeness (QED) is 0.351. The molecular formula is C12H16BrFN2O2. The van der Waals surface area contributed by atoms with E-state index >= 15 is 0 Å². The van der Waals surface area contributed by atoms with Crippen molar-refractivity contribution in [3.8, 4) is 5.75 Å². The lowest BCUT2D eigenvalue weighted by atomic mass is 10.2. The van der Waals surface area contributed by atoms with Gasteiger partial charge in [0.1, 0.15) is 0 Å². The van der Waals surface area contributed by atoms with Crippen molar-refractivity contribution >= 4 is 21.8 Å². The molecule has 1 amide bonds. The van der Waals surface area contributed by atoms with Crippen LogP contribution in [0.3, 0.4) is 0 Å². The molecule has 0 saturated carbocycles. The highest BCUT2D eigenvalue weighted by molar-refractivity contribution is 9.10. The number of benzene rings is 1. The first kappa shape index (κ1) is 14.9. The van der Waals surface area contributed by atoms with E-state index in [1.54, 1.807) is 12.1 Å². The van der Waals surface area contributed by atoms with Crippen LogP contribution in [0.1, 0.15) is 25.7 Å². The van der Waals surface area contributed by atoms with E-state index in [1.165, 1.54) is 6.07 Å². The number of hydrogen-bond donors (Lipinski definition) is 2. The predicted octanol–water partition coefficient (Wildman–Crippen LogP) is 2.52. The van der Waals surface area contributed by atoms with Gasteiger partial charge in [-0.2, -0.15) is 0 Å². The summed E-state index contributed by atoms with van der Waals surface area (Å²) in [6, 6.07) is 4.67. The highest BCUT2D eigenvalue weighted by Gasteiger charge is 2.03. The summed E-state index contributed by atoms with van der Waals surface area (Å²) >= 11 is 3.18. The summed E-state index contributed by atoms with van der Waals surface area (Å²) in [6.45, 7) is 0.433. The zero-order chi connectivity index (χ0) is 13.4. The molecule has 0 aliphatic rings. The van der Waals surface area contributed by atoms with Crippen molar-refractivity contribution in [1.29, 1.82) is 0 Å². The SMILES string of the molecule is NNC(=O)CCCCCOc1ccc(Br)cc1F. The Morgan fingerprint density at radius 1 is 1.39 bits per heavy atom. The summed E-state index contributed by atoms with van der Waals surface area (Å²) in [6.07, 6.45) is 2.76. The minimum atomic E-state index is -0.383.